The van der Waals surface area contributed by atoms with Crippen LogP contribution >= 0.6 is 0 Å². The van der Waals surface area contributed by atoms with Gasteiger partial charge in [-0.1, -0.05) is 12.1 Å². The van der Waals surface area contributed by atoms with Crippen molar-refractivity contribution in [2.75, 3.05) is 0 Å². The van der Waals surface area contributed by atoms with Crippen LogP contribution in [-0.2, 0) is 6.18 Å². The molecule has 2 aromatic rings. The van der Waals surface area contributed by atoms with E-state index in [0.717, 1.165) is 12.1 Å². The zero-order chi connectivity index (χ0) is 17.0. The van der Waals surface area contributed by atoms with Gasteiger partial charge in [0, 0.05) is 12.1 Å². The molecule has 0 aliphatic carbocycles. The topological polar surface area (TPSA) is 51.2 Å². The van der Waals surface area contributed by atoms with E-state index in [0.29, 0.717) is 0 Å². The van der Waals surface area contributed by atoms with E-state index in [1.807, 2.05) is 0 Å². The Morgan fingerprint density at radius 3 is 2.52 bits per heavy atom. The number of nitrogens with zero attached hydrogens (tertiary/aromatic N) is 1. The van der Waals surface area contributed by atoms with E-state index in [1.54, 1.807) is 19.9 Å². The lowest BCUT2D eigenvalue weighted by Crippen LogP contribution is -2.30. The first kappa shape index (κ1) is 16.8. The summed E-state index contributed by atoms with van der Waals surface area (Å²) in [5.74, 6) is -0.344. The molecular weight excluding hydrogens is 309 g/mol. The minimum Gasteiger partial charge on any atom is -0.439 e. The monoisotopic (exact) mass is 324 g/mol. The summed E-state index contributed by atoms with van der Waals surface area (Å²) < 4.78 is 43.3. The highest BCUT2D eigenvalue weighted by molar-refractivity contribution is 5.92. The quantitative estimate of drug-likeness (QED) is 0.924. The molecule has 0 aliphatic rings. The maximum atomic E-state index is 12.7. The number of nitrogens with one attached hydrogen (secondary N) is 1. The number of ether oxygens (including phenoxy) is 1. The Balaban J connectivity index is 2.19. The molecule has 1 amide bonds. The van der Waals surface area contributed by atoms with Gasteiger partial charge in [0.1, 0.15) is 11.4 Å². The Hall–Kier alpha value is -2.57. The molecular formula is C16H15F3N2O2. The van der Waals surface area contributed by atoms with Gasteiger partial charge in [0.2, 0.25) is 5.88 Å². The van der Waals surface area contributed by atoms with Crippen molar-refractivity contribution in [3.63, 3.8) is 0 Å². The van der Waals surface area contributed by atoms with Gasteiger partial charge in [0.05, 0.1) is 5.56 Å². The number of rotatable bonds is 4. The Kier molecular flexibility index (Phi) is 4.88. The molecule has 0 bridgehead atoms. The summed E-state index contributed by atoms with van der Waals surface area (Å²) in [6.07, 6.45) is -4.45. The van der Waals surface area contributed by atoms with E-state index in [4.69, 9.17) is 4.74 Å². The summed E-state index contributed by atoms with van der Waals surface area (Å²) >= 11 is 0. The third-order valence-corrected chi connectivity index (χ3v) is 2.76. The molecule has 0 radical (unpaired) electrons. The molecule has 0 fully saturated rings. The van der Waals surface area contributed by atoms with Crippen molar-refractivity contribution in [3.05, 3.63) is 53.7 Å². The van der Waals surface area contributed by atoms with Crippen LogP contribution in [0.2, 0.25) is 0 Å². The van der Waals surface area contributed by atoms with Crippen molar-refractivity contribution in [2.24, 2.45) is 0 Å². The summed E-state index contributed by atoms with van der Waals surface area (Å²) in [4.78, 5) is 15.9. The van der Waals surface area contributed by atoms with Gasteiger partial charge in [-0.3, -0.25) is 4.79 Å². The lowest BCUT2D eigenvalue weighted by atomic mass is 10.2. The molecule has 23 heavy (non-hydrogen) atoms. The van der Waals surface area contributed by atoms with Gasteiger partial charge in [0.15, 0.2) is 0 Å². The number of hydrogen-bond donors (Lipinski definition) is 1. The van der Waals surface area contributed by atoms with Crippen molar-refractivity contribution in [3.8, 4) is 11.6 Å². The number of hydrogen-bond acceptors (Lipinski definition) is 3. The fourth-order valence-electron chi connectivity index (χ4n) is 1.79. The molecule has 122 valence electrons. The first-order valence-electron chi connectivity index (χ1n) is 6.89. The fraction of sp³-hybridized carbons (Fsp3) is 0.250. The number of aromatic nitrogens is 1. The van der Waals surface area contributed by atoms with E-state index in [-0.39, 0.29) is 29.3 Å². The van der Waals surface area contributed by atoms with Crippen LogP contribution in [0, 0.1) is 0 Å². The molecule has 0 aliphatic heterocycles. The van der Waals surface area contributed by atoms with Crippen LogP contribution in [0.3, 0.4) is 0 Å². The van der Waals surface area contributed by atoms with Gasteiger partial charge >= 0.3 is 6.18 Å². The van der Waals surface area contributed by atoms with Gasteiger partial charge in [-0.15, -0.1) is 0 Å². The minimum absolute atomic E-state index is 0.00579. The Bertz CT molecular complexity index is 700. The number of benzene rings is 1. The van der Waals surface area contributed by atoms with E-state index in [9.17, 15) is 18.0 Å². The second-order valence-electron chi connectivity index (χ2n) is 5.12. The molecule has 0 atom stereocenters. The standard InChI is InChI=1S/C16H15F3N2O2/c1-10(2)20-15(22)13-7-4-8-14(21-13)23-12-6-3-5-11(9-12)16(17,18)19/h3-10H,1-2H3,(H,20,22). The summed E-state index contributed by atoms with van der Waals surface area (Å²) in [6, 6.07) is 8.91. The SMILES string of the molecule is CC(C)NC(=O)c1cccc(Oc2cccc(C(F)(F)F)c2)n1. The molecule has 0 unspecified atom stereocenters. The average molecular weight is 324 g/mol. The maximum absolute atomic E-state index is 12.7. The molecule has 2 rings (SSSR count). The van der Waals surface area contributed by atoms with Crippen LogP contribution in [0.25, 0.3) is 0 Å². The van der Waals surface area contributed by atoms with Gasteiger partial charge in [-0.05, 0) is 38.1 Å². The van der Waals surface area contributed by atoms with E-state index in [2.05, 4.69) is 10.3 Å². The summed E-state index contributed by atoms with van der Waals surface area (Å²) in [5.41, 5.74) is -0.688. The van der Waals surface area contributed by atoms with Crippen LogP contribution in [0.15, 0.2) is 42.5 Å². The first-order chi connectivity index (χ1) is 10.8. The second-order valence-corrected chi connectivity index (χ2v) is 5.12. The van der Waals surface area contributed by atoms with E-state index >= 15 is 0 Å². The van der Waals surface area contributed by atoms with Crippen LogP contribution in [-0.4, -0.2) is 16.9 Å². The van der Waals surface area contributed by atoms with E-state index < -0.39 is 11.7 Å². The van der Waals surface area contributed by atoms with Gasteiger partial charge in [-0.25, -0.2) is 4.98 Å². The number of amides is 1. The third-order valence-electron chi connectivity index (χ3n) is 2.76. The molecule has 0 saturated carbocycles. The fourth-order valence-corrected chi connectivity index (χ4v) is 1.79. The highest BCUT2D eigenvalue weighted by Crippen LogP contribution is 2.32. The molecule has 1 aromatic carbocycles. The summed E-state index contributed by atoms with van der Waals surface area (Å²) in [6.45, 7) is 3.61. The van der Waals surface area contributed by atoms with Crippen molar-refractivity contribution in [1.29, 1.82) is 0 Å². The summed E-state index contributed by atoms with van der Waals surface area (Å²) in [5, 5.41) is 2.67. The third kappa shape index (κ3) is 4.70. The van der Waals surface area contributed by atoms with Crippen LogP contribution < -0.4 is 10.1 Å². The molecule has 4 nitrogen and oxygen atoms in total. The number of carbonyl (C=O) groups excluding carboxylic acids is 1. The predicted molar refractivity (Wildman–Crippen MR) is 78.4 cm³/mol. The Morgan fingerprint density at radius 1 is 1.17 bits per heavy atom. The van der Waals surface area contributed by atoms with Crippen LogP contribution in [0.4, 0.5) is 13.2 Å². The molecule has 1 aromatic heterocycles. The second kappa shape index (κ2) is 6.68. The smallest absolute Gasteiger partial charge is 0.416 e. The van der Waals surface area contributed by atoms with Crippen molar-refractivity contribution >= 4 is 5.91 Å². The van der Waals surface area contributed by atoms with Crippen molar-refractivity contribution < 1.29 is 22.7 Å². The average Bonchev–Trinajstić information content (AvgIpc) is 2.46. The maximum Gasteiger partial charge on any atom is 0.416 e. The molecule has 0 saturated heterocycles. The molecule has 1 N–H and O–H groups in total. The minimum atomic E-state index is -4.45. The number of carbonyl (C=O) groups is 1. The van der Waals surface area contributed by atoms with Crippen molar-refractivity contribution in [1.82, 2.24) is 10.3 Å². The van der Waals surface area contributed by atoms with Gasteiger partial charge in [-0.2, -0.15) is 13.2 Å². The normalized spacial score (nSPS) is 11.4. The van der Waals surface area contributed by atoms with Gasteiger partial charge < -0.3 is 10.1 Å². The number of pyridine rings is 1. The lowest BCUT2D eigenvalue weighted by Gasteiger charge is -2.11. The van der Waals surface area contributed by atoms with Gasteiger partial charge in [0.25, 0.3) is 5.91 Å². The Labute approximate surface area is 131 Å². The zero-order valence-electron chi connectivity index (χ0n) is 12.5. The lowest BCUT2D eigenvalue weighted by molar-refractivity contribution is -0.137. The highest BCUT2D eigenvalue weighted by atomic mass is 19.4. The van der Waals surface area contributed by atoms with E-state index in [1.165, 1.54) is 24.3 Å². The van der Waals surface area contributed by atoms with Crippen LogP contribution in [0.1, 0.15) is 29.9 Å². The number of halogens is 3. The van der Waals surface area contributed by atoms with Crippen LogP contribution in [0.5, 0.6) is 11.6 Å². The predicted octanol–water partition coefficient (Wildman–Crippen LogP) is 4.03. The molecule has 0 spiro atoms. The largest absolute Gasteiger partial charge is 0.439 e. The molecule has 7 heteroatoms. The first-order valence-corrected chi connectivity index (χ1v) is 6.89. The Morgan fingerprint density at radius 2 is 1.87 bits per heavy atom. The van der Waals surface area contributed by atoms with Crippen molar-refractivity contribution in [2.45, 2.75) is 26.1 Å². The number of alkyl halides is 3. The highest BCUT2D eigenvalue weighted by Gasteiger charge is 2.30. The summed E-state index contributed by atoms with van der Waals surface area (Å²) in [7, 11) is 0. The molecule has 1 heterocycles. The zero-order valence-corrected chi connectivity index (χ0v) is 12.5.